The monoisotopic (exact) mass is 183 g/mol. The third-order valence-corrected chi connectivity index (χ3v) is 1.42. The van der Waals surface area contributed by atoms with E-state index in [4.69, 9.17) is 5.11 Å². The van der Waals surface area contributed by atoms with Gasteiger partial charge >= 0.3 is 5.97 Å². The standard InChI is InChI=1S/C9H13NO3/c1-3-5-7(9(12)13)10-8(11)6-4-2/h7H,3,5H2,1-2H3,(H,10,11)(H,12,13). The lowest BCUT2D eigenvalue weighted by atomic mass is 10.2. The molecule has 4 nitrogen and oxygen atoms in total. The van der Waals surface area contributed by atoms with E-state index < -0.39 is 17.9 Å². The van der Waals surface area contributed by atoms with Crippen LogP contribution in [-0.4, -0.2) is 23.0 Å². The molecule has 0 saturated heterocycles. The van der Waals surface area contributed by atoms with Crippen molar-refractivity contribution in [3.05, 3.63) is 0 Å². The molecule has 0 aromatic heterocycles. The molecule has 13 heavy (non-hydrogen) atoms. The van der Waals surface area contributed by atoms with Crippen LogP contribution < -0.4 is 5.32 Å². The molecule has 2 N–H and O–H groups in total. The lowest BCUT2D eigenvalue weighted by Crippen LogP contribution is -2.39. The molecule has 1 unspecified atom stereocenters. The van der Waals surface area contributed by atoms with Crippen LogP contribution in [0.3, 0.4) is 0 Å². The van der Waals surface area contributed by atoms with Gasteiger partial charge in [0.15, 0.2) is 0 Å². The van der Waals surface area contributed by atoms with Gasteiger partial charge < -0.3 is 10.4 Å². The maximum atomic E-state index is 10.9. The number of nitrogens with one attached hydrogen (secondary N) is 1. The van der Waals surface area contributed by atoms with Gasteiger partial charge in [0, 0.05) is 0 Å². The van der Waals surface area contributed by atoms with E-state index in [1.807, 2.05) is 6.92 Å². The molecule has 0 rings (SSSR count). The zero-order valence-corrected chi connectivity index (χ0v) is 7.76. The Hall–Kier alpha value is -1.50. The van der Waals surface area contributed by atoms with Crippen molar-refractivity contribution < 1.29 is 14.7 Å². The molecule has 72 valence electrons. The molecule has 0 aromatic rings. The van der Waals surface area contributed by atoms with Crippen LogP contribution in [0.4, 0.5) is 0 Å². The molecule has 4 heteroatoms. The van der Waals surface area contributed by atoms with Crippen LogP contribution >= 0.6 is 0 Å². The van der Waals surface area contributed by atoms with Crippen LogP contribution in [0.5, 0.6) is 0 Å². The van der Waals surface area contributed by atoms with Crippen LogP contribution in [-0.2, 0) is 9.59 Å². The van der Waals surface area contributed by atoms with E-state index in [0.29, 0.717) is 12.8 Å². The van der Waals surface area contributed by atoms with Crippen molar-refractivity contribution in [2.24, 2.45) is 0 Å². The molecule has 0 radical (unpaired) electrons. The van der Waals surface area contributed by atoms with Gasteiger partial charge in [-0.2, -0.15) is 0 Å². The maximum absolute atomic E-state index is 10.9. The summed E-state index contributed by atoms with van der Waals surface area (Å²) in [5, 5.41) is 11.0. The SMILES string of the molecule is CC#CC(=O)NC(CCC)C(=O)O. The van der Waals surface area contributed by atoms with Gasteiger partial charge in [-0.15, -0.1) is 0 Å². The van der Waals surface area contributed by atoms with Gasteiger partial charge in [-0.25, -0.2) is 4.79 Å². The minimum atomic E-state index is -1.02. The first-order chi connectivity index (χ1) is 6.11. The topological polar surface area (TPSA) is 66.4 Å². The Labute approximate surface area is 77.3 Å². The second kappa shape index (κ2) is 6.06. The lowest BCUT2D eigenvalue weighted by molar-refractivity contribution is -0.141. The normalized spacial score (nSPS) is 10.9. The molecule has 0 aliphatic carbocycles. The first-order valence-electron chi connectivity index (χ1n) is 4.07. The molecule has 0 heterocycles. The van der Waals surface area contributed by atoms with Crippen molar-refractivity contribution in [2.45, 2.75) is 32.7 Å². The minimum Gasteiger partial charge on any atom is -0.480 e. The van der Waals surface area contributed by atoms with Gasteiger partial charge in [0.05, 0.1) is 0 Å². The first kappa shape index (κ1) is 11.5. The number of hydrogen-bond acceptors (Lipinski definition) is 2. The highest BCUT2D eigenvalue weighted by atomic mass is 16.4. The molecule has 1 atom stereocenters. The van der Waals surface area contributed by atoms with Crippen molar-refractivity contribution in [1.29, 1.82) is 0 Å². The van der Waals surface area contributed by atoms with Crippen molar-refractivity contribution in [3.8, 4) is 11.8 Å². The summed E-state index contributed by atoms with van der Waals surface area (Å²) in [5.74, 6) is 3.07. The molecule has 0 bridgehead atoms. The van der Waals surface area contributed by atoms with Crippen LogP contribution in [0.2, 0.25) is 0 Å². The molecule has 0 aliphatic rings. The Kier molecular flexibility index (Phi) is 5.37. The van der Waals surface area contributed by atoms with E-state index >= 15 is 0 Å². The highest BCUT2D eigenvalue weighted by Gasteiger charge is 2.17. The number of amides is 1. The summed E-state index contributed by atoms with van der Waals surface area (Å²) >= 11 is 0. The Balaban J connectivity index is 4.14. The van der Waals surface area contributed by atoms with Gasteiger partial charge in [-0.1, -0.05) is 19.3 Å². The minimum absolute atomic E-state index is 0.423. The van der Waals surface area contributed by atoms with Crippen LogP contribution in [0.25, 0.3) is 0 Å². The number of hydrogen-bond donors (Lipinski definition) is 2. The van der Waals surface area contributed by atoms with Crippen molar-refractivity contribution >= 4 is 11.9 Å². The third-order valence-electron chi connectivity index (χ3n) is 1.42. The highest BCUT2D eigenvalue weighted by Crippen LogP contribution is 1.96. The Morgan fingerprint density at radius 2 is 2.15 bits per heavy atom. The summed E-state index contributed by atoms with van der Waals surface area (Å²) < 4.78 is 0. The summed E-state index contributed by atoms with van der Waals surface area (Å²) in [4.78, 5) is 21.5. The zero-order chi connectivity index (χ0) is 10.3. The molecule has 0 spiro atoms. The van der Waals surface area contributed by atoms with Crippen LogP contribution in [0.15, 0.2) is 0 Å². The fraction of sp³-hybridized carbons (Fsp3) is 0.556. The fourth-order valence-corrected chi connectivity index (χ4v) is 0.854. The number of aliphatic carboxylic acids is 1. The average molecular weight is 183 g/mol. The Bertz CT molecular complexity index is 249. The summed E-state index contributed by atoms with van der Waals surface area (Å²) in [6.07, 6.45) is 1.13. The smallest absolute Gasteiger partial charge is 0.326 e. The van der Waals surface area contributed by atoms with Crippen molar-refractivity contribution in [2.75, 3.05) is 0 Å². The fourth-order valence-electron chi connectivity index (χ4n) is 0.854. The number of carbonyl (C=O) groups is 2. The van der Waals surface area contributed by atoms with Gasteiger partial charge in [0.2, 0.25) is 0 Å². The highest BCUT2D eigenvalue weighted by molar-refractivity contribution is 5.95. The Morgan fingerprint density at radius 1 is 1.54 bits per heavy atom. The van der Waals surface area contributed by atoms with Gasteiger partial charge in [-0.05, 0) is 19.3 Å². The van der Waals surface area contributed by atoms with Crippen LogP contribution in [0.1, 0.15) is 26.7 Å². The third kappa shape index (κ3) is 4.86. The number of carbonyl (C=O) groups excluding carboxylic acids is 1. The van der Waals surface area contributed by atoms with Gasteiger partial charge in [0.1, 0.15) is 6.04 Å². The molecule has 0 aliphatic heterocycles. The maximum Gasteiger partial charge on any atom is 0.326 e. The van der Waals surface area contributed by atoms with Gasteiger partial charge in [-0.3, -0.25) is 4.79 Å². The average Bonchev–Trinajstić information content (AvgIpc) is 2.04. The zero-order valence-electron chi connectivity index (χ0n) is 7.76. The summed E-state index contributed by atoms with van der Waals surface area (Å²) in [7, 11) is 0. The molecule has 1 amide bonds. The summed E-state index contributed by atoms with van der Waals surface area (Å²) in [5.41, 5.74) is 0. The number of rotatable bonds is 4. The van der Waals surface area contributed by atoms with Crippen molar-refractivity contribution in [1.82, 2.24) is 5.32 Å². The quantitative estimate of drug-likeness (QED) is 0.619. The van der Waals surface area contributed by atoms with E-state index in [-0.39, 0.29) is 0 Å². The van der Waals surface area contributed by atoms with Gasteiger partial charge in [0.25, 0.3) is 5.91 Å². The number of carboxylic acids is 1. The second-order valence-electron chi connectivity index (χ2n) is 2.53. The molecular weight excluding hydrogens is 170 g/mol. The molecule has 0 saturated carbocycles. The van der Waals surface area contributed by atoms with E-state index in [0.717, 1.165) is 0 Å². The molecular formula is C9H13NO3. The molecule has 0 fully saturated rings. The largest absolute Gasteiger partial charge is 0.480 e. The predicted molar refractivity (Wildman–Crippen MR) is 47.9 cm³/mol. The lowest BCUT2D eigenvalue weighted by Gasteiger charge is -2.10. The summed E-state index contributed by atoms with van der Waals surface area (Å²) in [6, 6.07) is -0.821. The number of carboxylic acid groups (broad SMARTS) is 1. The van der Waals surface area contributed by atoms with E-state index in [1.165, 1.54) is 6.92 Å². The van der Waals surface area contributed by atoms with E-state index in [2.05, 4.69) is 17.2 Å². The summed E-state index contributed by atoms with van der Waals surface area (Å²) in [6.45, 7) is 3.38. The predicted octanol–water partition coefficient (Wildman–Crippen LogP) is 0.379. The van der Waals surface area contributed by atoms with Crippen LogP contribution in [0, 0.1) is 11.8 Å². The first-order valence-corrected chi connectivity index (χ1v) is 4.07. The molecule has 0 aromatic carbocycles. The Morgan fingerprint density at radius 3 is 2.54 bits per heavy atom. The van der Waals surface area contributed by atoms with Crippen molar-refractivity contribution in [3.63, 3.8) is 0 Å². The second-order valence-corrected chi connectivity index (χ2v) is 2.53. The van der Waals surface area contributed by atoms with E-state index in [1.54, 1.807) is 0 Å². The van der Waals surface area contributed by atoms with E-state index in [9.17, 15) is 9.59 Å².